The summed E-state index contributed by atoms with van der Waals surface area (Å²) in [6.07, 6.45) is 1.74. The summed E-state index contributed by atoms with van der Waals surface area (Å²) in [6.45, 7) is 9.50. The number of hydrogen-bond acceptors (Lipinski definition) is 2. The maximum Gasteiger partial charge on any atom is 0.256 e. The van der Waals surface area contributed by atoms with E-state index in [1.54, 1.807) is 23.1 Å². The fraction of sp³-hybridized carbons (Fsp3) is 0.200. The number of aromatic nitrogens is 1. The van der Waals surface area contributed by atoms with Crippen LogP contribution >= 0.6 is 0 Å². The molecular formula is C25H25N3O. The Morgan fingerprint density at radius 1 is 1.10 bits per heavy atom. The highest BCUT2D eigenvalue weighted by Crippen LogP contribution is 2.20. The number of rotatable bonds is 7. The predicted molar refractivity (Wildman–Crippen MR) is 116 cm³/mol. The van der Waals surface area contributed by atoms with Crippen LogP contribution in [0.5, 0.6) is 0 Å². The Morgan fingerprint density at radius 3 is 2.41 bits per heavy atom. The quantitative estimate of drug-likeness (QED) is 0.548. The molecular weight excluding hydrogens is 358 g/mol. The molecule has 0 saturated carbocycles. The SMILES string of the molecule is C=CCN(Cc1ccc(C#N)cc1)C(=O)c1cc(C)n(Cc2ccccc2)c1C. The highest BCUT2D eigenvalue weighted by Gasteiger charge is 2.21. The van der Waals surface area contributed by atoms with Crippen molar-refractivity contribution in [3.63, 3.8) is 0 Å². The van der Waals surface area contributed by atoms with Crippen LogP contribution in [0.15, 0.2) is 73.3 Å². The van der Waals surface area contributed by atoms with Gasteiger partial charge in [0.15, 0.2) is 0 Å². The first-order valence-corrected chi connectivity index (χ1v) is 9.63. The van der Waals surface area contributed by atoms with Crippen LogP contribution in [0.1, 0.15) is 38.4 Å². The smallest absolute Gasteiger partial charge is 0.256 e. The second kappa shape index (κ2) is 9.07. The molecule has 146 valence electrons. The zero-order valence-corrected chi connectivity index (χ0v) is 16.9. The van der Waals surface area contributed by atoms with Crippen molar-refractivity contribution in [3.8, 4) is 6.07 Å². The van der Waals surface area contributed by atoms with E-state index in [4.69, 9.17) is 5.26 Å². The first-order valence-electron chi connectivity index (χ1n) is 9.63. The zero-order chi connectivity index (χ0) is 20.8. The van der Waals surface area contributed by atoms with Crippen LogP contribution in [0.4, 0.5) is 0 Å². The Bertz CT molecular complexity index is 1040. The molecule has 3 aromatic rings. The Morgan fingerprint density at radius 2 is 1.79 bits per heavy atom. The molecule has 0 fully saturated rings. The molecule has 0 aliphatic carbocycles. The molecule has 0 N–H and O–H groups in total. The summed E-state index contributed by atoms with van der Waals surface area (Å²) in [7, 11) is 0. The molecule has 0 saturated heterocycles. The van der Waals surface area contributed by atoms with E-state index in [9.17, 15) is 4.79 Å². The Hall–Kier alpha value is -3.58. The molecule has 1 heterocycles. The van der Waals surface area contributed by atoms with Crippen molar-refractivity contribution < 1.29 is 4.79 Å². The molecule has 1 aromatic heterocycles. The van der Waals surface area contributed by atoms with Crippen LogP contribution in [0.3, 0.4) is 0 Å². The van der Waals surface area contributed by atoms with Crippen LogP contribution in [0, 0.1) is 25.2 Å². The second-order valence-electron chi connectivity index (χ2n) is 7.14. The third-order valence-electron chi connectivity index (χ3n) is 5.08. The van der Waals surface area contributed by atoms with E-state index in [0.29, 0.717) is 24.2 Å². The molecule has 3 rings (SSSR count). The molecule has 0 radical (unpaired) electrons. The van der Waals surface area contributed by atoms with E-state index < -0.39 is 0 Å². The fourth-order valence-corrected chi connectivity index (χ4v) is 3.48. The number of benzene rings is 2. The minimum Gasteiger partial charge on any atom is -0.344 e. The third-order valence-corrected chi connectivity index (χ3v) is 5.08. The number of nitriles is 1. The van der Waals surface area contributed by atoms with E-state index in [0.717, 1.165) is 23.5 Å². The van der Waals surface area contributed by atoms with Crippen molar-refractivity contribution in [2.75, 3.05) is 6.54 Å². The van der Waals surface area contributed by atoms with Crippen LogP contribution in [0.25, 0.3) is 0 Å². The summed E-state index contributed by atoms with van der Waals surface area (Å²) in [6, 6.07) is 21.7. The Kier molecular flexibility index (Phi) is 6.31. The highest BCUT2D eigenvalue weighted by atomic mass is 16.2. The number of carbonyl (C=O) groups is 1. The molecule has 4 nitrogen and oxygen atoms in total. The summed E-state index contributed by atoms with van der Waals surface area (Å²) in [5.41, 5.74) is 5.54. The molecule has 0 spiro atoms. The van der Waals surface area contributed by atoms with Crippen molar-refractivity contribution in [2.24, 2.45) is 0 Å². The average Bonchev–Trinajstić information content (AvgIpc) is 3.02. The van der Waals surface area contributed by atoms with Crippen molar-refractivity contribution >= 4 is 5.91 Å². The largest absolute Gasteiger partial charge is 0.344 e. The molecule has 0 aliphatic heterocycles. The standard InChI is InChI=1S/C25H25N3O/c1-4-14-27(17-23-12-10-21(16-26)11-13-23)25(29)24-15-19(2)28(20(24)3)18-22-8-6-5-7-9-22/h4-13,15H,1,14,17-18H2,2-3H3. The lowest BCUT2D eigenvalue weighted by Crippen LogP contribution is -2.31. The lowest BCUT2D eigenvalue weighted by Gasteiger charge is -2.21. The van der Waals surface area contributed by atoms with Crippen molar-refractivity contribution in [1.82, 2.24) is 9.47 Å². The lowest BCUT2D eigenvalue weighted by atomic mass is 10.1. The molecule has 0 atom stereocenters. The average molecular weight is 383 g/mol. The summed E-state index contributed by atoms with van der Waals surface area (Å²) in [4.78, 5) is 15.1. The van der Waals surface area contributed by atoms with Gasteiger partial charge in [-0.15, -0.1) is 6.58 Å². The minimum atomic E-state index is -0.0123. The minimum absolute atomic E-state index is 0.0123. The maximum absolute atomic E-state index is 13.3. The predicted octanol–water partition coefficient (Wildman–Crippen LogP) is 4.85. The molecule has 0 unspecified atom stereocenters. The number of carbonyl (C=O) groups excluding carboxylic acids is 1. The molecule has 1 amide bonds. The first-order chi connectivity index (χ1) is 14.0. The van der Waals surface area contributed by atoms with Gasteiger partial charge in [-0.25, -0.2) is 0 Å². The van der Waals surface area contributed by atoms with Crippen LogP contribution in [-0.4, -0.2) is 21.9 Å². The molecule has 2 aromatic carbocycles. The van der Waals surface area contributed by atoms with Gasteiger partial charge >= 0.3 is 0 Å². The van der Waals surface area contributed by atoms with E-state index >= 15 is 0 Å². The Labute approximate surface area is 172 Å². The summed E-state index contributed by atoms with van der Waals surface area (Å²) >= 11 is 0. The number of aryl methyl sites for hydroxylation is 1. The van der Waals surface area contributed by atoms with Gasteiger partial charge in [-0.05, 0) is 43.2 Å². The van der Waals surface area contributed by atoms with Gasteiger partial charge in [-0.2, -0.15) is 5.26 Å². The maximum atomic E-state index is 13.3. The van der Waals surface area contributed by atoms with Gasteiger partial charge in [0.05, 0.1) is 17.2 Å². The van der Waals surface area contributed by atoms with Gasteiger partial charge < -0.3 is 9.47 Å². The van der Waals surface area contributed by atoms with Gasteiger partial charge in [0.2, 0.25) is 0 Å². The summed E-state index contributed by atoms with van der Waals surface area (Å²) in [5, 5.41) is 8.97. The number of amides is 1. The topological polar surface area (TPSA) is 49.0 Å². The van der Waals surface area contributed by atoms with E-state index in [1.165, 1.54) is 5.56 Å². The molecule has 0 bridgehead atoms. The zero-order valence-electron chi connectivity index (χ0n) is 16.9. The third kappa shape index (κ3) is 4.64. The van der Waals surface area contributed by atoms with Crippen molar-refractivity contribution in [3.05, 3.63) is 107 Å². The number of hydrogen-bond donors (Lipinski definition) is 0. The van der Waals surface area contributed by atoms with Gasteiger partial charge in [-0.1, -0.05) is 48.5 Å². The van der Waals surface area contributed by atoms with Crippen molar-refractivity contribution in [2.45, 2.75) is 26.9 Å². The molecule has 4 heteroatoms. The highest BCUT2D eigenvalue weighted by molar-refractivity contribution is 5.95. The lowest BCUT2D eigenvalue weighted by molar-refractivity contribution is 0.0762. The Balaban J connectivity index is 1.85. The summed E-state index contributed by atoms with van der Waals surface area (Å²) < 4.78 is 2.18. The van der Waals surface area contributed by atoms with Gasteiger partial charge in [0.1, 0.15) is 0 Å². The normalized spacial score (nSPS) is 10.4. The number of nitrogens with zero attached hydrogens (tertiary/aromatic N) is 3. The van der Waals surface area contributed by atoms with Gasteiger partial charge in [0, 0.05) is 31.0 Å². The van der Waals surface area contributed by atoms with E-state index in [1.807, 2.05) is 50.2 Å². The molecule has 29 heavy (non-hydrogen) atoms. The van der Waals surface area contributed by atoms with Crippen LogP contribution < -0.4 is 0 Å². The monoisotopic (exact) mass is 383 g/mol. The van der Waals surface area contributed by atoms with E-state index in [2.05, 4.69) is 29.3 Å². The molecule has 0 aliphatic rings. The first kappa shape index (κ1) is 20.2. The van der Waals surface area contributed by atoms with E-state index in [-0.39, 0.29) is 5.91 Å². The fourth-order valence-electron chi connectivity index (χ4n) is 3.48. The summed E-state index contributed by atoms with van der Waals surface area (Å²) in [5.74, 6) is -0.0123. The van der Waals surface area contributed by atoms with Gasteiger partial charge in [-0.3, -0.25) is 4.79 Å². The van der Waals surface area contributed by atoms with Crippen LogP contribution in [0.2, 0.25) is 0 Å². The second-order valence-corrected chi connectivity index (χ2v) is 7.14. The van der Waals surface area contributed by atoms with Gasteiger partial charge in [0.25, 0.3) is 5.91 Å². The van der Waals surface area contributed by atoms with Crippen molar-refractivity contribution in [1.29, 1.82) is 5.26 Å². The van der Waals surface area contributed by atoms with Crippen LogP contribution in [-0.2, 0) is 13.1 Å².